The number of hydrogen-bond acceptors (Lipinski definition) is 5. The number of halogens is 1. The molecule has 3 rings (SSSR count). The summed E-state index contributed by atoms with van der Waals surface area (Å²) in [6.07, 6.45) is -0.315. The second-order valence-electron chi connectivity index (χ2n) is 6.83. The number of ether oxygens (including phenoxy) is 1. The largest absolute Gasteiger partial charge is 0.483 e. The fourth-order valence-corrected chi connectivity index (χ4v) is 3.88. The van der Waals surface area contributed by atoms with E-state index in [4.69, 9.17) is 16.3 Å². The minimum Gasteiger partial charge on any atom is -0.483 e. The molecule has 0 saturated carbocycles. The maximum absolute atomic E-state index is 12.3. The highest BCUT2D eigenvalue weighted by molar-refractivity contribution is 7.99. The third kappa shape index (κ3) is 5.74. The van der Waals surface area contributed by atoms with Crippen LogP contribution in [0.5, 0.6) is 5.75 Å². The highest BCUT2D eigenvalue weighted by Gasteiger charge is 2.18. The quantitative estimate of drug-likeness (QED) is 0.536. The topological polar surface area (TPSA) is 69.0 Å². The SMILES string of the molecule is Cc1cc(C)cc(NC(=O)CSc2nnc(C(C)Oc3cccc(Cl)c3)n2C)c1. The van der Waals surface area contributed by atoms with Crippen LogP contribution in [0.1, 0.15) is 30.0 Å². The van der Waals surface area contributed by atoms with Gasteiger partial charge in [0.2, 0.25) is 5.91 Å². The average Bonchev–Trinajstić information content (AvgIpc) is 3.00. The summed E-state index contributed by atoms with van der Waals surface area (Å²) in [6.45, 7) is 5.91. The smallest absolute Gasteiger partial charge is 0.234 e. The van der Waals surface area contributed by atoms with E-state index in [1.165, 1.54) is 11.8 Å². The van der Waals surface area contributed by atoms with Crippen LogP contribution < -0.4 is 10.1 Å². The molecule has 8 heteroatoms. The molecule has 1 aromatic heterocycles. The molecular weight excluding hydrogens is 408 g/mol. The Morgan fingerprint density at radius 1 is 1.21 bits per heavy atom. The number of hydrogen-bond donors (Lipinski definition) is 1. The summed E-state index contributed by atoms with van der Waals surface area (Å²) in [6, 6.07) is 13.2. The van der Waals surface area contributed by atoms with Gasteiger partial charge < -0.3 is 14.6 Å². The van der Waals surface area contributed by atoms with Crippen molar-refractivity contribution in [3.8, 4) is 5.75 Å². The summed E-state index contributed by atoms with van der Waals surface area (Å²) >= 11 is 7.33. The minimum absolute atomic E-state index is 0.0900. The van der Waals surface area contributed by atoms with E-state index in [9.17, 15) is 4.79 Å². The monoisotopic (exact) mass is 430 g/mol. The summed E-state index contributed by atoms with van der Waals surface area (Å²) < 4.78 is 7.74. The van der Waals surface area contributed by atoms with E-state index in [-0.39, 0.29) is 17.8 Å². The third-order valence-corrected chi connectivity index (χ3v) is 5.43. The zero-order chi connectivity index (χ0) is 21.0. The van der Waals surface area contributed by atoms with Gasteiger partial charge in [-0.25, -0.2) is 0 Å². The Bertz CT molecular complexity index is 1000. The maximum Gasteiger partial charge on any atom is 0.234 e. The molecule has 1 atom stereocenters. The number of carbonyl (C=O) groups excluding carboxylic acids is 1. The standard InChI is InChI=1S/C21H23ClN4O2S/c1-13-8-14(2)10-17(9-13)23-19(27)12-29-21-25-24-20(26(21)4)15(3)28-18-7-5-6-16(22)11-18/h5-11,15H,12H2,1-4H3,(H,23,27). The van der Waals surface area contributed by atoms with Crippen molar-refractivity contribution in [2.24, 2.45) is 7.05 Å². The molecule has 0 aliphatic heterocycles. The molecule has 1 amide bonds. The van der Waals surface area contributed by atoms with Crippen LogP contribution >= 0.6 is 23.4 Å². The van der Waals surface area contributed by atoms with Crippen LogP contribution in [0, 0.1) is 13.8 Å². The van der Waals surface area contributed by atoms with Crippen molar-refractivity contribution in [2.45, 2.75) is 32.0 Å². The first-order valence-corrected chi connectivity index (χ1v) is 10.5. The zero-order valence-electron chi connectivity index (χ0n) is 16.8. The molecule has 152 valence electrons. The molecular formula is C21H23ClN4O2S. The van der Waals surface area contributed by atoms with E-state index in [0.717, 1.165) is 16.8 Å². The second kappa shape index (κ2) is 9.33. The van der Waals surface area contributed by atoms with Gasteiger partial charge >= 0.3 is 0 Å². The molecule has 1 N–H and O–H groups in total. The van der Waals surface area contributed by atoms with E-state index >= 15 is 0 Å². The number of aromatic nitrogens is 3. The molecule has 3 aromatic rings. The number of amides is 1. The van der Waals surface area contributed by atoms with E-state index in [1.54, 1.807) is 12.1 Å². The number of carbonyl (C=O) groups is 1. The van der Waals surface area contributed by atoms with Crippen LogP contribution in [0.3, 0.4) is 0 Å². The summed E-state index contributed by atoms with van der Waals surface area (Å²) in [4.78, 5) is 12.3. The lowest BCUT2D eigenvalue weighted by molar-refractivity contribution is -0.113. The lowest BCUT2D eigenvalue weighted by Gasteiger charge is -2.14. The molecule has 0 radical (unpaired) electrons. The molecule has 0 aliphatic rings. The van der Waals surface area contributed by atoms with Gasteiger partial charge in [-0.15, -0.1) is 10.2 Å². The Labute approximate surface area is 179 Å². The number of rotatable bonds is 7. The molecule has 6 nitrogen and oxygen atoms in total. The molecule has 0 bridgehead atoms. The van der Waals surface area contributed by atoms with Crippen molar-refractivity contribution in [3.63, 3.8) is 0 Å². The fourth-order valence-electron chi connectivity index (χ4n) is 2.98. The van der Waals surface area contributed by atoms with Crippen LogP contribution in [0.4, 0.5) is 5.69 Å². The molecule has 2 aromatic carbocycles. The van der Waals surface area contributed by atoms with Gasteiger partial charge in [0.1, 0.15) is 5.75 Å². The van der Waals surface area contributed by atoms with Crippen molar-refractivity contribution >= 4 is 35.0 Å². The van der Waals surface area contributed by atoms with Crippen LogP contribution in [-0.2, 0) is 11.8 Å². The summed E-state index contributed by atoms with van der Waals surface area (Å²) in [5.41, 5.74) is 3.02. The number of aryl methyl sites for hydroxylation is 2. The number of benzene rings is 2. The van der Waals surface area contributed by atoms with Crippen LogP contribution in [0.15, 0.2) is 47.6 Å². The molecule has 0 aliphatic carbocycles. The van der Waals surface area contributed by atoms with Crippen molar-refractivity contribution < 1.29 is 9.53 Å². The van der Waals surface area contributed by atoms with E-state index < -0.39 is 0 Å². The predicted octanol–water partition coefficient (Wildman–Crippen LogP) is 4.96. The van der Waals surface area contributed by atoms with Gasteiger partial charge in [0.25, 0.3) is 0 Å². The van der Waals surface area contributed by atoms with Gasteiger partial charge in [-0.2, -0.15) is 0 Å². The number of nitrogens with zero attached hydrogens (tertiary/aromatic N) is 3. The third-order valence-electron chi connectivity index (χ3n) is 4.18. The van der Waals surface area contributed by atoms with Gasteiger partial charge in [-0.1, -0.05) is 35.5 Å². The van der Waals surface area contributed by atoms with Crippen molar-refractivity contribution in [3.05, 3.63) is 64.4 Å². The van der Waals surface area contributed by atoms with E-state index in [2.05, 4.69) is 21.6 Å². The molecule has 29 heavy (non-hydrogen) atoms. The Morgan fingerprint density at radius 3 is 2.62 bits per heavy atom. The number of thioether (sulfide) groups is 1. The molecule has 0 spiro atoms. The first-order chi connectivity index (χ1) is 13.8. The Morgan fingerprint density at radius 2 is 1.93 bits per heavy atom. The Balaban J connectivity index is 1.59. The fraction of sp³-hybridized carbons (Fsp3) is 0.286. The van der Waals surface area contributed by atoms with E-state index in [0.29, 0.717) is 21.8 Å². The van der Waals surface area contributed by atoms with Gasteiger partial charge in [-0.3, -0.25) is 4.79 Å². The average molecular weight is 431 g/mol. The summed E-state index contributed by atoms with van der Waals surface area (Å²) in [5.74, 6) is 1.48. The van der Waals surface area contributed by atoms with Crippen LogP contribution in [0.2, 0.25) is 5.02 Å². The molecule has 1 unspecified atom stereocenters. The van der Waals surface area contributed by atoms with Crippen molar-refractivity contribution in [1.29, 1.82) is 0 Å². The zero-order valence-corrected chi connectivity index (χ0v) is 18.3. The highest BCUT2D eigenvalue weighted by Crippen LogP contribution is 2.25. The number of anilines is 1. The van der Waals surface area contributed by atoms with Gasteiger partial charge in [0, 0.05) is 17.8 Å². The molecule has 0 fully saturated rings. The van der Waals surface area contributed by atoms with Crippen LogP contribution in [0.25, 0.3) is 0 Å². The maximum atomic E-state index is 12.3. The second-order valence-corrected chi connectivity index (χ2v) is 8.21. The first-order valence-electron chi connectivity index (χ1n) is 9.14. The van der Waals surface area contributed by atoms with Crippen molar-refractivity contribution in [1.82, 2.24) is 14.8 Å². The summed E-state index contributed by atoms with van der Waals surface area (Å²) in [7, 11) is 1.86. The normalized spacial score (nSPS) is 11.9. The Hall–Kier alpha value is -2.51. The van der Waals surface area contributed by atoms with Gasteiger partial charge in [0.05, 0.1) is 5.75 Å². The molecule has 0 saturated heterocycles. The lowest BCUT2D eigenvalue weighted by atomic mass is 10.1. The lowest BCUT2D eigenvalue weighted by Crippen LogP contribution is -2.15. The summed E-state index contributed by atoms with van der Waals surface area (Å²) in [5, 5.41) is 12.6. The predicted molar refractivity (Wildman–Crippen MR) is 117 cm³/mol. The van der Waals surface area contributed by atoms with Crippen molar-refractivity contribution in [2.75, 3.05) is 11.1 Å². The van der Waals surface area contributed by atoms with E-state index in [1.807, 2.05) is 56.7 Å². The van der Waals surface area contributed by atoms with Crippen LogP contribution in [-0.4, -0.2) is 26.4 Å². The number of nitrogens with one attached hydrogen (secondary N) is 1. The van der Waals surface area contributed by atoms with Gasteiger partial charge in [0.15, 0.2) is 17.1 Å². The molecule has 1 heterocycles. The Kier molecular flexibility index (Phi) is 6.82. The highest BCUT2D eigenvalue weighted by atomic mass is 35.5. The minimum atomic E-state index is -0.315. The van der Waals surface area contributed by atoms with Gasteiger partial charge in [-0.05, 0) is 62.2 Å². The first kappa shape index (κ1) is 21.2.